The second kappa shape index (κ2) is 3.91. The molecule has 0 aromatic carbocycles. The average Bonchev–Trinajstić information content (AvgIpc) is 1.63. The van der Waals surface area contributed by atoms with Crippen LogP contribution in [0.1, 0.15) is 6.42 Å². The van der Waals surface area contributed by atoms with Crippen molar-refractivity contribution < 1.29 is 15.0 Å². The van der Waals surface area contributed by atoms with Gasteiger partial charge in [-0.1, -0.05) is 6.08 Å². The number of carbonyl (C=O) groups is 1. The third-order valence-electron chi connectivity index (χ3n) is 0.680. The summed E-state index contributed by atoms with van der Waals surface area (Å²) in [7, 11) is 0. The van der Waals surface area contributed by atoms with E-state index in [1.807, 2.05) is 5.32 Å². The molecule has 0 heterocycles. The Bertz CT molecular complexity index is 113. The van der Waals surface area contributed by atoms with Gasteiger partial charge in [0, 0.05) is 6.42 Å². The number of hydrogen-bond acceptors (Lipinski definition) is 2. The minimum absolute atomic E-state index is 0.228. The molecule has 1 atom stereocenters. The molecular formula is C5H9NO3. The van der Waals surface area contributed by atoms with Gasteiger partial charge in [0.15, 0.2) is 0 Å². The Balaban J connectivity index is 3.37. The third kappa shape index (κ3) is 4.83. The van der Waals surface area contributed by atoms with Crippen molar-refractivity contribution in [1.82, 2.24) is 5.32 Å². The molecule has 0 saturated heterocycles. The summed E-state index contributed by atoms with van der Waals surface area (Å²) in [6, 6.07) is 0. The lowest BCUT2D eigenvalue weighted by molar-refractivity contribution is 0.123. The molecule has 1 unspecified atom stereocenters. The summed E-state index contributed by atoms with van der Waals surface area (Å²) in [6.07, 6.45) is -0.600. The molecule has 4 heteroatoms. The number of aliphatic hydroxyl groups excluding tert-OH is 1. The lowest BCUT2D eigenvalue weighted by atomic mass is 10.4. The van der Waals surface area contributed by atoms with Gasteiger partial charge in [0.25, 0.3) is 0 Å². The maximum Gasteiger partial charge on any atom is 0.406 e. The first-order valence-corrected chi connectivity index (χ1v) is 2.45. The van der Waals surface area contributed by atoms with E-state index < -0.39 is 12.3 Å². The zero-order valence-electron chi connectivity index (χ0n) is 4.87. The van der Waals surface area contributed by atoms with E-state index in [1.54, 1.807) is 0 Å². The molecule has 0 radical (unpaired) electrons. The zero-order valence-corrected chi connectivity index (χ0v) is 4.87. The molecule has 0 rings (SSSR count). The fourth-order valence-electron chi connectivity index (χ4n) is 0.359. The van der Waals surface area contributed by atoms with Crippen LogP contribution in [-0.2, 0) is 0 Å². The summed E-state index contributed by atoms with van der Waals surface area (Å²) in [4.78, 5) is 9.78. The molecule has 0 saturated carbocycles. The van der Waals surface area contributed by atoms with E-state index in [0.717, 1.165) is 0 Å². The van der Waals surface area contributed by atoms with E-state index in [9.17, 15) is 4.79 Å². The van der Waals surface area contributed by atoms with Gasteiger partial charge < -0.3 is 10.2 Å². The topological polar surface area (TPSA) is 69.6 Å². The average molecular weight is 131 g/mol. The lowest BCUT2D eigenvalue weighted by Crippen LogP contribution is -2.32. The van der Waals surface area contributed by atoms with Crippen LogP contribution in [-0.4, -0.2) is 22.5 Å². The molecule has 0 fully saturated rings. The van der Waals surface area contributed by atoms with E-state index in [4.69, 9.17) is 10.2 Å². The van der Waals surface area contributed by atoms with E-state index in [2.05, 4.69) is 6.58 Å². The quantitative estimate of drug-likeness (QED) is 0.377. The Labute approximate surface area is 52.8 Å². The first-order chi connectivity index (χ1) is 4.16. The standard InChI is InChI=1S/C5H9NO3/c1-2-3-4(7)6-5(8)9/h2,4,6-7H,1,3H2,(H,8,9). The summed E-state index contributed by atoms with van der Waals surface area (Å²) >= 11 is 0. The highest BCUT2D eigenvalue weighted by atomic mass is 16.4. The summed E-state index contributed by atoms with van der Waals surface area (Å²) in [5, 5.41) is 18.5. The molecular weight excluding hydrogens is 122 g/mol. The Morgan fingerprint density at radius 2 is 2.44 bits per heavy atom. The molecule has 52 valence electrons. The maximum absolute atomic E-state index is 9.78. The van der Waals surface area contributed by atoms with E-state index in [0.29, 0.717) is 0 Å². The minimum Gasteiger partial charge on any atom is -0.465 e. The largest absolute Gasteiger partial charge is 0.465 e. The third-order valence-corrected chi connectivity index (χ3v) is 0.680. The van der Waals surface area contributed by atoms with Crippen LogP contribution < -0.4 is 5.32 Å². The molecule has 0 aromatic rings. The second-order valence-electron chi connectivity index (χ2n) is 1.49. The monoisotopic (exact) mass is 131 g/mol. The lowest BCUT2D eigenvalue weighted by Gasteiger charge is -2.05. The molecule has 9 heavy (non-hydrogen) atoms. The minimum atomic E-state index is -1.23. The van der Waals surface area contributed by atoms with Gasteiger partial charge in [0.1, 0.15) is 6.23 Å². The normalized spacial score (nSPS) is 12.1. The van der Waals surface area contributed by atoms with Crippen LogP contribution in [0.15, 0.2) is 12.7 Å². The number of aliphatic hydroxyl groups is 1. The predicted molar refractivity (Wildman–Crippen MR) is 32.0 cm³/mol. The van der Waals surface area contributed by atoms with Crippen LogP contribution in [0.25, 0.3) is 0 Å². The van der Waals surface area contributed by atoms with Crippen molar-refractivity contribution in [3.63, 3.8) is 0 Å². The van der Waals surface area contributed by atoms with Gasteiger partial charge in [0.05, 0.1) is 0 Å². The van der Waals surface area contributed by atoms with E-state index >= 15 is 0 Å². The predicted octanol–water partition coefficient (Wildman–Crippen LogP) is 0.149. The van der Waals surface area contributed by atoms with Crippen molar-refractivity contribution in [3.05, 3.63) is 12.7 Å². The van der Waals surface area contributed by atoms with Crippen LogP contribution in [0, 0.1) is 0 Å². The van der Waals surface area contributed by atoms with E-state index in [1.165, 1.54) is 6.08 Å². The highest BCUT2D eigenvalue weighted by molar-refractivity contribution is 5.64. The van der Waals surface area contributed by atoms with Gasteiger partial charge in [-0.25, -0.2) is 4.79 Å². The first-order valence-electron chi connectivity index (χ1n) is 2.45. The van der Waals surface area contributed by atoms with Crippen molar-refractivity contribution in [2.45, 2.75) is 12.6 Å². The van der Waals surface area contributed by atoms with Crippen molar-refractivity contribution in [3.8, 4) is 0 Å². The Morgan fingerprint density at radius 1 is 1.89 bits per heavy atom. The van der Waals surface area contributed by atoms with E-state index in [-0.39, 0.29) is 6.42 Å². The van der Waals surface area contributed by atoms with Crippen LogP contribution in [0.2, 0.25) is 0 Å². The van der Waals surface area contributed by atoms with Crippen molar-refractivity contribution in [2.24, 2.45) is 0 Å². The number of nitrogens with one attached hydrogen (secondary N) is 1. The zero-order chi connectivity index (χ0) is 7.28. The van der Waals surface area contributed by atoms with Crippen molar-refractivity contribution in [2.75, 3.05) is 0 Å². The Kier molecular flexibility index (Phi) is 3.46. The number of carboxylic acid groups (broad SMARTS) is 1. The fourth-order valence-corrected chi connectivity index (χ4v) is 0.359. The molecule has 4 nitrogen and oxygen atoms in total. The SMILES string of the molecule is C=CCC(O)NC(=O)O. The summed E-state index contributed by atoms with van der Waals surface area (Å²) in [5.74, 6) is 0. The van der Waals surface area contributed by atoms with Gasteiger partial charge in [-0.2, -0.15) is 0 Å². The molecule has 0 aromatic heterocycles. The summed E-state index contributed by atoms with van der Waals surface area (Å²) in [5.41, 5.74) is 0. The van der Waals surface area contributed by atoms with Gasteiger partial charge in [-0.3, -0.25) is 5.32 Å². The molecule has 0 aliphatic heterocycles. The van der Waals surface area contributed by atoms with Crippen LogP contribution >= 0.6 is 0 Å². The number of hydrogen-bond donors (Lipinski definition) is 3. The molecule has 0 spiro atoms. The van der Waals surface area contributed by atoms with Gasteiger partial charge in [0.2, 0.25) is 0 Å². The molecule has 3 N–H and O–H groups in total. The summed E-state index contributed by atoms with van der Waals surface area (Å²) in [6.45, 7) is 3.32. The highest BCUT2D eigenvalue weighted by Crippen LogP contribution is 1.85. The van der Waals surface area contributed by atoms with Crippen LogP contribution in [0.5, 0.6) is 0 Å². The first kappa shape index (κ1) is 7.97. The number of rotatable bonds is 3. The van der Waals surface area contributed by atoms with Gasteiger partial charge in [-0.05, 0) is 0 Å². The molecule has 0 bridgehead atoms. The maximum atomic E-state index is 9.78. The smallest absolute Gasteiger partial charge is 0.406 e. The fraction of sp³-hybridized carbons (Fsp3) is 0.400. The number of amides is 1. The Morgan fingerprint density at radius 3 is 2.78 bits per heavy atom. The molecule has 1 amide bonds. The highest BCUT2D eigenvalue weighted by Gasteiger charge is 2.02. The van der Waals surface area contributed by atoms with Crippen LogP contribution in [0.3, 0.4) is 0 Å². The molecule has 0 aliphatic rings. The van der Waals surface area contributed by atoms with Crippen molar-refractivity contribution in [1.29, 1.82) is 0 Å². The van der Waals surface area contributed by atoms with Gasteiger partial charge in [-0.15, -0.1) is 6.58 Å². The Hall–Kier alpha value is -1.03. The van der Waals surface area contributed by atoms with Crippen molar-refractivity contribution >= 4 is 6.09 Å². The molecule has 0 aliphatic carbocycles. The van der Waals surface area contributed by atoms with Gasteiger partial charge >= 0.3 is 6.09 Å². The second-order valence-corrected chi connectivity index (χ2v) is 1.49. The summed E-state index contributed by atoms with van der Waals surface area (Å²) < 4.78 is 0. The van der Waals surface area contributed by atoms with Crippen LogP contribution in [0.4, 0.5) is 4.79 Å².